The predicted octanol–water partition coefficient (Wildman–Crippen LogP) is 1.87. The fourth-order valence-electron chi connectivity index (χ4n) is 2.63. The molecule has 0 spiro atoms. The highest BCUT2D eigenvalue weighted by atomic mass is 32.2. The number of amides is 1. The van der Waals surface area contributed by atoms with Crippen LogP contribution in [0.5, 0.6) is 0 Å². The van der Waals surface area contributed by atoms with Crippen LogP contribution in [0.3, 0.4) is 0 Å². The Morgan fingerprint density at radius 2 is 1.79 bits per heavy atom. The van der Waals surface area contributed by atoms with Crippen LogP contribution in [-0.4, -0.2) is 37.2 Å². The largest absolute Gasteiger partial charge is 0.465 e. The molecule has 1 aromatic heterocycles. The van der Waals surface area contributed by atoms with Crippen molar-refractivity contribution in [1.29, 1.82) is 0 Å². The van der Waals surface area contributed by atoms with Crippen molar-refractivity contribution < 1.29 is 22.7 Å². The Hall–Kier alpha value is -3.66. The van der Waals surface area contributed by atoms with Gasteiger partial charge in [0.1, 0.15) is 5.69 Å². The van der Waals surface area contributed by atoms with Crippen molar-refractivity contribution in [3.63, 3.8) is 0 Å². The fourth-order valence-corrected chi connectivity index (χ4v) is 3.96. The molecule has 0 aliphatic rings. The van der Waals surface area contributed by atoms with Crippen LogP contribution in [0.1, 0.15) is 26.4 Å². The number of primary amides is 1. The van der Waals surface area contributed by atoms with Gasteiger partial charge in [-0.25, -0.2) is 17.9 Å². The minimum atomic E-state index is -3.93. The maximum Gasteiger partial charge on any atom is 0.337 e. The van der Waals surface area contributed by atoms with Gasteiger partial charge in [-0.05, 0) is 55.0 Å². The summed E-state index contributed by atoms with van der Waals surface area (Å²) in [6, 6.07) is 12.2. The molecule has 0 unspecified atom stereocenters. The molecule has 29 heavy (non-hydrogen) atoms. The zero-order chi connectivity index (χ0) is 21.2. The summed E-state index contributed by atoms with van der Waals surface area (Å²) in [4.78, 5) is 22.8. The standard InChI is InChI=1S/C19H18N4O5S/c1-12-3-4-13(19(25)28-2)11-17(12)29(26,27)22-14-5-7-15(8-6-14)23-10-9-16(21-23)18(20)24/h3-11,22H,1-2H3,(H2,20,24). The van der Waals surface area contributed by atoms with E-state index in [2.05, 4.69) is 14.6 Å². The first kappa shape index (κ1) is 20.1. The average molecular weight is 414 g/mol. The van der Waals surface area contributed by atoms with Gasteiger partial charge in [-0.15, -0.1) is 0 Å². The molecule has 3 rings (SSSR count). The van der Waals surface area contributed by atoms with Gasteiger partial charge in [0, 0.05) is 11.9 Å². The SMILES string of the molecule is COC(=O)c1ccc(C)c(S(=O)(=O)Nc2ccc(-n3ccc(C(N)=O)n3)cc2)c1. The van der Waals surface area contributed by atoms with E-state index < -0.39 is 21.9 Å². The fraction of sp³-hybridized carbons (Fsp3) is 0.105. The van der Waals surface area contributed by atoms with Gasteiger partial charge in [0.25, 0.3) is 15.9 Å². The van der Waals surface area contributed by atoms with Crippen LogP contribution in [0.15, 0.2) is 59.6 Å². The smallest absolute Gasteiger partial charge is 0.337 e. The van der Waals surface area contributed by atoms with Gasteiger partial charge < -0.3 is 10.5 Å². The molecule has 1 heterocycles. The lowest BCUT2D eigenvalue weighted by atomic mass is 10.1. The molecule has 10 heteroatoms. The van der Waals surface area contributed by atoms with Crippen molar-refractivity contribution in [2.24, 2.45) is 5.73 Å². The van der Waals surface area contributed by atoms with E-state index in [-0.39, 0.29) is 16.2 Å². The van der Waals surface area contributed by atoms with Crippen molar-refractivity contribution in [3.8, 4) is 5.69 Å². The number of hydrogen-bond donors (Lipinski definition) is 2. The maximum atomic E-state index is 12.8. The lowest BCUT2D eigenvalue weighted by Gasteiger charge is -2.12. The summed E-state index contributed by atoms with van der Waals surface area (Å²) >= 11 is 0. The molecule has 0 aliphatic heterocycles. The number of nitrogens with one attached hydrogen (secondary N) is 1. The number of ether oxygens (including phenoxy) is 1. The minimum absolute atomic E-state index is 0.0253. The molecule has 2 aromatic carbocycles. The molecule has 150 valence electrons. The molecule has 0 atom stereocenters. The lowest BCUT2D eigenvalue weighted by Crippen LogP contribution is -2.15. The number of nitrogens with zero attached hydrogens (tertiary/aromatic N) is 2. The predicted molar refractivity (Wildman–Crippen MR) is 105 cm³/mol. The number of nitrogens with two attached hydrogens (primary N) is 1. The summed E-state index contributed by atoms with van der Waals surface area (Å²) in [5.74, 6) is -1.27. The summed E-state index contributed by atoms with van der Waals surface area (Å²) in [5.41, 5.74) is 6.86. The third-order valence-electron chi connectivity index (χ3n) is 4.12. The normalized spacial score (nSPS) is 11.1. The Bertz CT molecular complexity index is 1180. The van der Waals surface area contributed by atoms with Crippen LogP contribution in [-0.2, 0) is 14.8 Å². The van der Waals surface area contributed by atoms with Gasteiger partial charge in [0.2, 0.25) is 0 Å². The number of aryl methyl sites for hydroxylation is 1. The Kier molecular flexibility index (Phi) is 5.37. The highest BCUT2D eigenvalue weighted by Crippen LogP contribution is 2.22. The Balaban J connectivity index is 1.85. The van der Waals surface area contributed by atoms with E-state index in [1.165, 1.54) is 36.1 Å². The lowest BCUT2D eigenvalue weighted by molar-refractivity contribution is 0.0600. The summed E-state index contributed by atoms with van der Waals surface area (Å²) < 4.78 is 34.1. The first-order chi connectivity index (χ1) is 13.7. The van der Waals surface area contributed by atoms with Crippen LogP contribution in [0.25, 0.3) is 5.69 Å². The maximum absolute atomic E-state index is 12.8. The van der Waals surface area contributed by atoms with Gasteiger partial charge in [-0.1, -0.05) is 6.07 Å². The summed E-state index contributed by atoms with van der Waals surface area (Å²) in [5, 5.41) is 4.04. The van der Waals surface area contributed by atoms with E-state index in [1.807, 2.05) is 0 Å². The summed E-state index contributed by atoms with van der Waals surface area (Å²) in [6.45, 7) is 1.63. The van der Waals surface area contributed by atoms with Crippen molar-refractivity contribution in [2.75, 3.05) is 11.8 Å². The quantitative estimate of drug-likeness (QED) is 0.592. The molecule has 0 radical (unpaired) electrons. The van der Waals surface area contributed by atoms with E-state index >= 15 is 0 Å². The van der Waals surface area contributed by atoms with Gasteiger partial charge in [-0.2, -0.15) is 5.10 Å². The zero-order valence-corrected chi connectivity index (χ0v) is 16.4. The highest BCUT2D eigenvalue weighted by molar-refractivity contribution is 7.92. The van der Waals surface area contributed by atoms with Gasteiger partial charge in [0.15, 0.2) is 0 Å². The molecule has 3 aromatic rings. The van der Waals surface area contributed by atoms with Crippen LogP contribution >= 0.6 is 0 Å². The molecule has 1 amide bonds. The second-order valence-corrected chi connectivity index (χ2v) is 7.78. The number of aromatic nitrogens is 2. The Morgan fingerprint density at radius 3 is 2.38 bits per heavy atom. The van der Waals surface area contributed by atoms with Crippen molar-refractivity contribution in [2.45, 2.75) is 11.8 Å². The molecule has 9 nitrogen and oxygen atoms in total. The third-order valence-corrected chi connectivity index (χ3v) is 5.65. The van der Waals surface area contributed by atoms with E-state index in [1.54, 1.807) is 37.4 Å². The average Bonchev–Trinajstić information content (AvgIpc) is 3.18. The number of sulfonamides is 1. The van der Waals surface area contributed by atoms with Crippen LogP contribution < -0.4 is 10.5 Å². The molecule has 0 fully saturated rings. The number of carbonyl (C=O) groups excluding carboxylic acids is 2. The third kappa shape index (κ3) is 4.27. The van der Waals surface area contributed by atoms with E-state index in [4.69, 9.17) is 5.73 Å². The van der Waals surface area contributed by atoms with Crippen molar-refractivity contribution in [1.82, 2.24) is 9.78 Å². The van der Waals surface area contributed by atoms with Gasteiger partial charge in [-0.3, -0.25) is 9.52 Å². The second-order valence-electron chi connectivity index (χ2n) is 6.13. The van der Waals surface area contributed by atoms with E-state index in [0.29, 0.717) is 16.9 Å². The van der Waals surface area contributed by atoms with Crippen LogP contribution in [0, 0.1) is 6.92 Å². The van der Waals surface area contributed by atoms with Crippen LogP contribution in [0.2, 0.25) is 0 Å². The number of anilines is 1. The number of benzene rings is 2. The monoisotopic (exact) mass is 414 g/mol. The van der Waals surface area contributed by atoms with Crippen LogP contribution in [0.4, 0.5) is 5.69 Å². The number of carbonyl (C=O) groups is 2. The number of rotatable bonds is 6. The van der Waals surface area contributed by atoms with Gasteiger partial charge >= 0.3 is 5.97 Å². The molecular weight excluding hydrogens is 396 g/mol. The number of methoxy groups -OCH3 is 1. The summed E-state index contributed by atoms with van der Waals surface area (Å²) in [6.07, 6.45) is 1.57. The molecule has 0 bridgehead atoms. The summed E-state index contributed by atoms with van der Waals surface area (Å²) in [7, 11) is -2.71. The molecule has 3 N–H and O–H groups in total. The molecule has 0 aliphatic carbocycles. The first-order valence-electron chi connectivity index (χ1n) is 8.39. The zero-order valence-electron chi connectivity index (χ0n) is 15.6. The number of esters is 1. The Morgan fingerprint density at radius 1 is 1.10 bits per heavy atom. The molecule has 0 saturated heterocycles. The topological polar surface area (TPSA) is 133 Å². The molecule has 0 saturated carbocycles. The minimum Gasteiger partial charge on any atom is -0.465 e. The van der Waals surface area contributed by atoms with Gasteiger partial charge in [0.05, 0.1) is 23.3 Å². The second kappa shape index (κ2) is 7.76. The van der Waals surface area contributed by atoms with E-state index in [0.717, 1.165) is 0 Å². The number of hydrogen-bond acceptors (Lipinski definition) is 6. The van der Waals surface area contributed by atoms with Crippen molar-refractivity contribution in [3.05, 3.63) is 71.5 Å². The Labute approximate surface area is 167 Å². The first-order valence-corrected chi connectivity index (χ1v) is 9.87. The van der Waals surface area contributed by atoms with E-state index in [9.17, 15) is 18.0 Å². The molecular formula is C19H18N4O5S. The van der Waals surface area contributed by atoms with Crippen molar-refractivity contribution >= 4 is 27.6 Å². The highest BCUT2D eigenvalue weighted by Gasteiger charge is 2.19.